The molecule has 1 fully saturated rings. The monoisotopic (exact) mass is 482 g/mol. The Morgan fingerprint density at radius 3 is 2.09 bits per heavy atom. The van der Waals surface area contributed by atoms with Crippen LogP contribution in [0, 0.1) is 29.2 Å². The fourth-order valence-corrected chi connectivity index (χ4v) is 4.77. The van der Waals surface area contributed by atoms with Gasteiger partial charge in [-0.2, -0.15) is 0 Å². The first-order valence-electron chi connectivity index (χ1n) is 12.2. The van der Waals surface area contributed by atoms with Crippen molar-refractivity contribution in [1.29, 1.82) is 0 Å². The Balaban J connectivity index is 1.58. The van der Waals surface area contributed by atoms with Gasteiger partial charge in [-0.1, -0.05) is 68.0 Å². The number of ether oxygens (including phenoxy) is 1. The molecule has 4 rings (SSSR count). The van der Waals surface area contributed by atoms with Crippen LogP contribution in [0.4, 0.5) is 17.6 Å². The minimum atomic E-state index is -1.20. The third kappa shape index (κ3) is 5.35. The van der Waals surface area contributed by atoms with E-state index in [1.807, 2.05) is 18.2 Å². The molecule has 0 N–H and O–H groups in total. The summed E-state index contributed by atoms with van der Waals surface area (Å²) in [7, 11) is 0. The number of halogens is 4. The summed E-state index contributed by atoms with van der Waals surface area (Å²) in [6, 6.07) is 12.7. The fraction of sp³-hybridized carbons (Fsp3) is 0.333. The van der Waals surface area contributed by atoms with Crippen LogP contribution in [0.3, 0.4) is 0 Å². The molecule has 2 unspecified atom stereocenters. The Kier molecular flexibility index (Phi) is 8.07. The molecule has 1 aliphatic rings. The van der Waals surface area contributed by atoms with Crippen LogP contribution in [0.15, 0.2) is 61.2 Å². The summed E-state index contributed by atoms with van der Waals surface area (Å²) in [5, 5.41) is 0. The van der Waals surface area contributed by atoms with Crippen molar-refractivity contribution in [1.82, 2.24) is 0 Å². The third-order valence-electron chi connectivity index (χ3n) is 6.78. The maximum Gasteiger partial charge on any atom is 0.167 e. The lowest BCUT2D eigenvalue weighted by Crippen LogP contribution is -2.21. The van der Waals surface area contributed by atoms with Crippen LogP contribution in [-0.2, 0) is 11.2 Å². The summed E-state index contributed by atoms with van der Waals surface area (Å²) in [5.74, 6) is -4.20. The SMILES string of the molecule is C=CCCC1CCC(c2ccc(-c3ccc(-c4ccc(CCC)cc4)c(F)c3F)c(F)c2F)OC1. The zero-order valence-electron chi connectivity index (χ0n) is 19.9. The lowest BCUT2D eigenvalue weighted by Gasteiger charge is -2.29. The fourth-order valence-electron chi connectivity index (χ4n) is 4.77. The second kappa shape index (κ2) is 11.2. The summed E-state index contributed by atoms with van der Waals surface area (Å²) in [5.41, 5.74) is 1.20. The van der Waals surface area contributed by atoms with Gasteiger partial charge in [-0.05, 0) is 49.1 Å². The van der Waals surface area contributed by atoms with Crippen molar-refractivity contribution in [3.8, 4) is 22.3 Å². The zero-order valence-corrected chi connectivity index (χ0v) is 19.9. The van der Waals surface area contributed by atoms with E-state index in [1.54, 1.807) is 12.1 Å². The molecule has 1 aliphatic heterocycles. The van der Waals surface area contributed by atoms with Crippen molar-refractivity contribution in [2.75, 3.05) is 6.61 Å². The standard InChI is InChI=1S/C30H30F4O/c1-3-5-7-20-10-17-26(35-18-20)25-16-15-24(29(33)30(25)34)23-14-13-22(27(31)28(23)32)21-11-8-19(6-4-2)9-12-21/h3,8-9,11-16,20,26H,1,4-7,10,17-18H2,2H3. The molecule has 0 aromatic heterocycles. The minimum absolute atomic E-state index is 0.0772. The summed E-state index contributed by atoms with van der Waals surface area (Å²) in [6.07, 6.45) is 6.46. The van der Waals surface area contributed by atoms with Gasteiger partial charge in [-0.3, -0.25) is 0 Å². The predicted octanol–water partition coefficient (Wildman–Crippen LogP) is 8.96. The van der Waals surface area contributed by atoms with Gasteiger partial charge in [0.15, 0.2) is 23.3 Å². The predicted molar refractivity (Wildman–Crippen MR) is 132 cm³/mol. The summed E-state index contributed by atoms with van der Waals surface area (Å²) in [4.78, 5) is 0. The van der Waals surface area contributed by atoms with Gasteiger partial charge in [-0.15, -0.1) is 6.58 Å². The van der Waals surface area contributed by atoms with Gasteiger partial charge in [0.1, 0.15) is 0 Å². The maximum atomic E-state index is 15.1. The van der Waals surface area contributed by atoms with E-state index in [2.05, 4.69) is 13.5 Å². The Hall–Kier alpha value is -2.92. The van der Waals surface area contributed by atoms with Crippen LogP contribution in [-0.4, -0.2) is 6.61 Å². The van der Waals surface area contributed by atoms with Gasteiger partial charge in [0.25, 0.3) is 0 Å². The molecule has 3 aromatic rings. The number of hydrogen-bond donors (Lipinski definition) is 0. The molecule has 0 bridgehead atoms. The van der Waals surface area contributed by atoms with E-state index in [9.17, 15) is 4.39 Å². The molecule has 35 heavy (non-hydrogen) atoms. The summed E-state index contributed by atoms with van der Waals surface area (Å²) in [6.45, 7) is 6.26. The van der Waals surface area contributed by atoms with E-state index in [0.717, 1.165) is 37.7 Å². The smallest absolute Gasteiger partial charge is 0.167 e. The van der Waals surface area contributed by atoms with E-state index < -0.39 is 29.4 Å². The highest BCUT2D eigenvalue weighted by atomic mass is 19.2. The highest BCUT2D eigenvalue weighted by molar-refractivity contribution is 5.72. The average molecular weight is 483 g/mol. The van der Waals surface area contributed by atoms with Crippen molar-refractivity contribution in [2.24, 2.45) is 5.92 Å². The molecule has 1 saturated heterocycles. The van der Waals surface area contributed by atoms with Crippen LogP contribution >= 0.6 is 0 Å². The topological polar surface area (TPSA) is 9.23 Å². The maximum absolute atomic E-state index is 15.1. The molecule has 0 aliphatic carbocycles. The van der Waals surface area contributed by atoms with E-state index in [0.29, 0.717) is 24.5 Å². The molecular weight excluding hydrogens is 452 g/mol. The van der Waals surface area contributed by atoms with Gasteiger partial charge < -0.3 is 4.74 Å². The second-order valence-electron chi connectivity index (χ2n) is 9.20. The molecular formula is C30H30F4O. The van der Waals surface area contributed by atoms with Crippen LogP contribution in [0.5, 0.6) is 0 Å². The molecule has 184 valence electrons. The lowest BCUT2D eigenvalue weighted by molar-refractivity contribution is -0.0210. The van der Waals surface area contributed by atoms with Crippen LogP contribution in [0.1, 0.15) is 56.3 Å². The van der Waals surface area contributed by atoms with Crippen molar-refractivity contribution in [2.45, 2.75) is 51.6 Å². The molecule has 0 spiro atoms. The minimum Gasteiger partial charge on any atom is -0.373 e. The van der Waals surface area contributed by atoms with Gasteiger partial charge in [0.05, 0.1) is 12.7 Å². The third-order valence-corrected chi connectivity index (χ3v) is 6.78. The van der Waals surface area contributed by atoms with E-state index in [1.165, 1.54) is 24.3 Å². The van der Waals surface area contributed by atoms with Crippen molar-refractivity contribution in [3.63, 3.8) is 0 Å². The number of rotatable bonds is 8. The first kappa shape index (κ1) is 25.2. The summed E-state index contributed by atoms with van der Waals surface area (Å²) >= 11 is 0. The number of allylic oxidation sites excluding steroid dienone is 1. The van der Waals surface area contributed by atoms with Crippen LogP contribution < -0.4 is 0 Å². The van der Waals surface area contributed by atoms with Crippen molar-refractivity contribution < 1.29 is 22.3 Å². The highest BCUT2D eigenvalue weighted by Crippen LogP contribution is 2.38. The molecule has 1 nitrogen and oxygen atoms in total. The molecule has 3 aromatic carbocycles. The Labute approximate surface area is 204 Å². The van der Waals surface area contributed by atoms with Crippen molar-refractivity contribution in [3.05, 3.63) is 95.6 Å². The van der Waals surface area contributed by atoms with Crippen molar-refractivity contribution >= 4 is 0 Å². The zero-order chi connectivity index (χ0) is 24.9. The molecule has 0 saturated carbocycles. The Bertz CT molecular complexity index is 1180. The average Bonchev–Trinajstić information content (AvgIpc) is 2.87. The first-order chi connectivity index (χ1) is 16.9. The molecule has 1 heterocycles. The van der Waals surface area contributed by atoms with E-state index in [4.69, 9.17) is 4.74 Å². The highest BCUT2D eigenvalue weighted by Gasteiger charge is 2.28. The molecule has 0 radical (unpaired) electrons. The first-order valence-corrected chi connectivity index (χ1v) is 12.2. The number of benzene rings is 3. The lowest BCUT2D eigenvalue weighted by atomic mass is 9.90. The number of aryl methyl sites for hydroxylation is 1. The summed E-state index contributed by atoms with van der Waals surface area (Å²) < 4.78 is 65.9. The second-order valence-corrected chi connectivity index (χ2v) is 9.20. The molecule has 2 atom stereocenters. The van der Waals surface area contributed by atoms with E-state index >= 15 is 13.2 Å². The van der Waals surface area contributed by atoms with Gasteiger partial charge in [-0.25, -0.2) is 17.6 Å². The van der Waals surface area contributed by atoms with E-state index in [-0.39, 0.29) is 22.3 Å². The van der Waals surface area contributed by atoms with Crippen LogP contribution in [0.2, 0.25) is 0 Å². The largest absolute Gasteiger partial charge is 0.373 e. The van der Waals surface area contributed by atoms with Gasteiger partial charge >= 0.3 is 0 Å². The number of hydrogen-bond acceptors (Lipinski definition) is 1. The van der Waals surface area contributed by atoms with Gasteiger partial charge in [0, 0.05) is 22.3 Å². The molecule has 0 amide bonds. The normalized spacial score (nSPS) is 18.0. The Morgan fingerprint density at radius 2 is 1.46 bits per heavy atom. The molecule has 5 heteroatoms. The van der Waals surface area contributed by atoms with Gasteiger partial charge in [0.2, 0.25) is 0 Å². The quantitative estimate of drug-likeness (QED) is 0.230. The Morgan fingerprint density at radius 1 is 0.829 bits per heavy atom. The van der Waals surface area contributed by atoms with Crippen LogP contribution in [0.25, 0.3) is 22.3 Å².